The van der Waals surface area contributed by atoms with Gasteiger partial charge in [0.2, 0.25) is 3.61 Å². The van der Waals surface area contributed by atoms with Gasteiger partial charge in [0.05, 0.1) is 0 Å². The molecule has 1 heterocycles. The summed E-state index contributed by atoms with van der Waals surface area (Å²) in [6, 6.07) is 4.82. The van der Waals surface area contributed by atoms with Gasteiger partial charge in [-0.05, 0) is 46.0 Å². The van der Waals surface area contributed by atoms with Gasteiger partial charge in [-0.15, -0.1) is 10.2 Å². The largest absolute Gasteiger partial charge is 0.425 e. The lowest BCUT2D eigenvalue weighted by atomic mass is 10.1. The Hall–Kier alpha value is -1.13. The van der Waals surface area contributed by atoms with E-state index in [1.165, 1.54) is 11.1 Å². The fourth-order valence-electron chi connectivity index (χ4n) is 1.56. The number of aromatic nitrogens is 4. The molecule has 106 valence electrons. The van der Waals surface area contributed by atoms with Crippen LogP contribution in [0.4, 0.5) is 4.79 Å². The van der Waals surface area contributed by atoms with E-state index in [0.29, 0.717) is 15.6 Å². The van der Waals surface area contributed by atoms with Gasteiger partial charge in [0, 0.05) is 15.6 Å². The standard InChI is InChI=1S/C10H8Cl2IN5O2/c11-6-1-2-8(12)7(3-6)10(13,20-9(14)19)4-18-16-5-15-17-18/h1-3,5H,4H2,(H2,14,19). The van der Waals surface area contributed by atoms with Crippen molar-refractivity contribution in [1.29, 1.82) is 0 Å². The van der Waals surface area contributed by atoms with Gasteiger partial charge in [-0.3, -0.25) is 0 Å². The first-order valence-corrected chi connectivity index (χ1v) is 7.08. The number of amides is 1. The third kappa shape index (κ3) is 3.49. The maximum absolute atomic E-state index is 11.2. The average molecular weight is 428 g/mol. The molecule has 1 aromatic carbocycles. The van der Waals surface area contributed by atoms with Crippen LogP contribution in [-0.4, -0.2) is 26.3 Å². The van der Waals surface area contributed by atoms with E-state index in [1.54, 1.807) is 18.2 Å². The Balaban J connectivity index is 2.45. The summed E-state index contributed by atoms with van der Waals surface area (Å²) in [5, 5.41) is 12.0. The van der Waals surface area contributed by atoms with E-state index >= 15 is 0 Å². The molecule has 0 spiro atoms. The number of alkyl halides is 1. The molecule has 0 aliphatic rings. The number of carbonyl (C=O) groups excluding carboxylic acids is 1. The second-order valence-electron chi connectivity index (χ2n) is 3.74. The van der Waals surface area contributed by atoms with Crippen LogP contribution in [0.5, 0.6) is 0 Å². The van der Waals surface area contributed by atoms with Crippen LogP contribution in [0.2, 0.25) is 10.0 Å². The van der Waals surface area contributed by atoms with Gasteiger partial charge < -0.3 is 10.5 Å². The number of tetrazole rings is 1. The number of hydrogen-bond donors (Lipinski definition) is 1. The number of carbonyl (C=O) groups is 1. The minimum Gasteiger partial charge on any atom is -0.425 e. The first kappa shape index (κ1) is 15.3. The summed E-state index contributed by atoms with van der Waals surface area (Å²) in [7, 11) is 0. The molecule has 2 aromatic rings. The third-order valence-corrected chi connectivity index (χ3v) is 4.04. The number of nitrogens with two attached hydrogens (primary N) is 1. The van der Waals surface area contributed by atoms with Crippen molar-refractivity contribution in [2.45, 2.75) is 10.2 Å². The second-order valence-corrected chi connectivity index (χ2v) is 6.33. The third-order valence-electron chi connectivity index (χ3n) is 2.33. The van der Waals surface area contributed by atoms with Crippen molar-refractivity contribution in [1.82, 2.24) is 20.2 Å². The summed E-state index contributed by atoms with van der Waals surface area (Å²) in [6.07, 6.45) is 0.316. The van der Waals surface area contributed by atoms with Crippen molar-refractivity contribution in [2.75, 3.05) is 0 Å². The maximum atomic E-state index is 11.2. The molecular weight excluding hydrogens is 420 g/mol. The molecule has 1 unspecified atom stereocenters. The van der Waals surface area contributed by atoms with Crippen molar-refractivity contribution in [2.24, 2.45) is 5.73 Å². The number of nitrogens with zero attached hydrogens (tertiary/aromatic N) is 4. The van der Waals surface area contributed by atoms with Crippen LogP contribution in [-0.2, 0) is 14.9 Å². The fraction of sp³-hybridized carbons (Fsp3) is 0.200. The molecule has 0 aliphatic carbocycles. The van der Waals surface area contributed by atoms with E-state index in [0.717, 1.165) is 0 Å². The van der Waals surface area contributed by atoms with E-state index in [9.17, 15) is 4.79 Å². The highest BCUT2D eigenvalue weighted by Crippen LogP contribution is 2.40. The molecule has 10 heteroatoms. The zero-order chi connectivity index (χ0) is 14.8. The van der Waals surface area contributed by atoms with Crippen LogP contribution < -0.4 is 5.73 Å². The molecule has 0 radical (unpaired) electrons. The predicted molar refractivity (Wildman–Crippen MR) is 80.6 cm³/mol. The van der Waals surface area contributed by atoms with Crippen LogP contribution in [0.1, 0.15) is 5.56 Å². The molecule has 0 saturated heterocycles. The molecule has 0 saturated carbocycles. The molecule has 1 amide bonds. The number of rotatable bonds is 4. The van der Waals surface area contributed by atoms with E-state index in [-0.39, 0.29) is 6.54 Å². The smallest absolute Gasteiger partial charge is 0.406 e. The van der Waals surface area contributed by atoms with Gasteiger partial charge in [0.15, 0.2) is 6.33 Å². The Morgan fingerprint density at radius 2 is 2.25 bits per heavy atom. The molecular formula is C10H8Cl2IN5O2. The zero-order valence-electron chi connectivity index (χ0n) is 9.83. The van der Waals surface area contributed by atoms with Crippen LogP contribution >= 0.6 is 45.8 Å². The normalized spacial score (nSPS) is 13.8. The lowest BCUT2D eigenvalue weighted by molar-refractivity contribution is 0.0772. The maximum Gasteiger partial charge on any atom is 0.406 e. The monoisotopic (exact) mass is 427 g/mol. The molecule has 1 atom stereocenters. The molecule has 7 nitrogen and oxygen atoms in total. The highest BCUT2D eigenvalue weighted by Gasteiger charge is 2.36. The van der Waals surface area contributed by atoms with E-state index in [2.05, 4.69) is 15.4 Å². The highest BCUT2D eigenvalue weighted by atomic mass is 127. The van der Waals surface area contributed by atoms with Gasteiger partial charge >= 0.3 is 6.09 Å². The van der Waals surface area contributed by atoms with Crippen LogP contribution in [0.3, 0.4) is 0 Å². The summed E-state index contributed by atoms with van der Waals surface area (Å²) >= 11 is 14.0. The number of hydrogen-bond acceptors (Lipinski definition) is 5. The Kier molecular flexibility index (Phi) is 4.66. The van der Waals surface area contributed by atoms with Crippen LogP contribution in [0.25, 0.3) is 0 Å². The summed E-state index contributed by atoms with van der Waals surface area (Å²) in [5.74, 6) is 0. The Labute approximate surface area is 137 Å². The summed E-state index contributed by atoms with van der Waals surface area (Å²) in [4.78, 5) is 12.4. The van der Waals surface area contributed by atoms with Crippen molar-refractivity contribution in [3.05, 3.63) is 40.1 Å². The van der Waals surface area contributed by atoms with E-state index < -0.39 is 9.70 Å². The van der Waals surface area contributed by atoms with Gasteiger partial charge in [0.25, 0.3) is 0 Å². The molecule has 1 aromatic heterocycles. The van der Waals surface area contributed by atoms with Crippen LogP contribution in [0.15, 0.2) is 24.5 Å². The van der Waals surface area contributed by atoms with E-state index in [4.69, 9.17) is 33.7 Å². The Morgan fingerprint density at radius 3 is 2.85 bits per heavy atom. The number of benzene rings is 1. The van der Waals surface area contributed by atoms with Gasteiger partial charge in [-0.2, -0.15) is 4.80 Å². The van der Waals surface area contributed by atoms with Crippen molar-refractivity contribution >= 4 is 51.9 Å². The summed E-state index contributed by atoms with van der Waals surface area (Å²) < 4.78 is 3.98. The molecule has 20 heavy (non-hydrogen) atoms. The van der Waals surface area contributed by atoms with Crippen molar-refractivity contribution in [3.63, 3.8) is 0 Å². The first-order chi connectivity index (χ1) is 9.40. The predicted octanol–water partition coefficient (Wildman–Crippen LogP) is 2.36. The number of halogens is 3. The number of primary amides is 1. The van der Waals surface area contributed by atoms with Crippen molar-refractivity contribution < 1.29 is 9.53 Å². The minimum absolute atomic E-state index is 0.0799. The summed E-state index contributed by atoms with van der Waals surface area (Å²) in [6.45, 7) is 0.0799. The summed E-state index contributed by atoms with van der Waals surface area (Å²) in [5.41, 5.74) is 5.61. The molecule has 2 rings (SSSR count). The topological polar surface area (TPSA) is 95.9 Å². The van der Waals surface area contributed by atoms with Crippen LogP contribution in [0, 0.1) is 0 Å². The quantitative estimate of drug-likeness (QED) is 0.596. The SMILES string of the molecule is NC(=O)OC(I)(Cn1ncnn1)c1cc(Cl)ccc1Cl. The highest BCUT2D eigenvalue weighted by molar-refractivity contribution is 14.1. The average Bonchev–Trinajstić information content (AvgIpc) is 2.83. The zero-order valence-corrected chi connectivity index (χ0v) is 13.5. The van der Waals surface area contributed by atoms with Gasteiger partial charge in [-0.25, -0.2) is 4.79 Å². The molecule has 2 N–H and O–H groups in total. The second kappa shape index (κ2) is 6.10. The molecule has 0 fully saturated rings. The Bertz CT molecular complexity index is 624. The minimum atomic E-state index is -1.20. The Morgan fingerprint density at radius 1 is 1.50 bits per heavy atom. The van der Waals surface area contributed by atoms with Gasteiger partial charge in [-0.1, -0.05) is 23.2 Å². The molecule has 0 aliphatic heterocycles. The number of ether oxygens (including phenoxy) is 1. The first-order valence-electron chi connectivity index (χ1n) is 5.24. The lowest BCUT2D eigenvalue weighted by Gasteiger charge is -2.27. The molecule has 0 bridgehead atoms. The lowest BCUT2D eigenvalue weighted by Crippen LogP contribution is -2.34. The van der Waals surface area contributed by atoms with Crippen molar-refractivity contribution in [3.8, 4) is 0 Å². The van der Waals surface area contributed by atoms with Gasteiger partial charge in [0.1, 0.15) is 6.54 Å². The van der Waals surface area contributed by atoms with E-state index in [1.807, 2.05) is 22.6 Å². The fourth-order valence-corrected chi connectivity index (χ4v) is 3.13.